The van der Waals surface area contributed by atoms with E-state index in [0.717, 1.165) is 76.3 Å². The molecule has 156 valence electrons. The highest BCUT2D eigenvalue weighted by atomic mass is 15.3. The van der Waals surface area contributed by atoms with Gasteiger partial charge < -0.3 is 14.8 Å². The number of nitrogens with zero attached hydrogens (tertiary/aromatic N) is 6. The Bertz CT molecular complexity index is 1380. The standard InChI is InChI=1S/C23H24N8/c1-29-7-9-31(10-8-29)23-18-12-21(26-19(18)5-6-24-23)22-17-11-15(3-4-20(17)27-28-22)16-13-25-30(2)14-16/h3-6,11-14,26H,7-10H2,1-2H3,(H,27,28). The van der Waals surface area contributed by atoms with Gasteiger partial charge in [0.25, 0.3) is 0 Å². The van der Waals surface area contributed by atoms with Crippen LogP contribution in [-0.4, -0.2) is 68.1 Å². The number of anilines is 1. The molecule has 0 amide bonds. The van der Waals surface area contributed by atoms with Crippen LogP contribution in [0.2, 0.25) is 0 Å². The first-order valence-corrected chi connectivity index (χ1v) is 10.5. The largest absolute Gasteiger partial charge is 0.353 e. The number of fused-ring (bicyclic) bond motifs is 2. The lowest BCUT2D eigenvalue weighted by molar-refractivity contribution is 0.312. The molecular weight excluding hydrogens is 388 g/mol. The number of pyridine rings is 1. The van der Waals surface area contributed by atoms with E-state index < -0.39 is 0 Å². The van der Waals surface area contributed by atoms with Crippen LogP contribution in [0.5, 0.6) is 0 Å². The van der Waals surface area contributed by atoms with Gasteiger partial charge in [-0.2, -0.15) is 10.2 Å². The van der Waals surface area contributed by atoms with Crippen molar-refractivity contribution in [2.24, 2.45) is 7.05 Å². The number of H-pyrrole nitrogens is 2. The van der Waals surface area contributed by atoms with E-state index >= 15 is 0 Å². The maximum absolute atomic E-state index is 4.72. The lowest BCUT2D eigenvalue weighted by Gasteiger charge is -2.33. The van der Waals surface area contributed by atoms with Crippen LogP contribution >= 0.6 is 0 Å². The molecule has 0 aliphatic carbocycles. The van der Waals surface area contributed by atoms with E-state index in [9.17, 15) is 0 Å². The predicted octanol–water partition coefficient (Wildman–Crippen LogP) is 3.26. The summed E-state index contributed by atoms with van der Waals surface area (Å²) in [5, 5.41) is 14.3. The highest BCUT2D eigenvalue weighted by Gasteiger charge is 2.20. The van der Waals surface area contributed by atoms with Gasteiger partial charge in [-0.15, -0.1) is 0 Å². The van der Waals surface area contributed by atoms with Gasteiger partial charge in [-0.1, -0.05) is 6.07 Å². The molecule has 1 aliphatic heterocycles. The molecular formula is C23H24N8. The number of nitrogens with one attached hydrogen (secondary N) is 2. The van der Waals surface area contributed by atoms with Gasteiger partial charge in [0.2, 0.25) is 0 Å². The molecule has 4 aromatic heterocycles. The average Bonchev–Trinajstić information content (AvgIpc) is 3.51. The predicted molar refractivity (Wildman–Crippen MR) is 123 cm³/mol. The molecule has 0 spiro atoms. The minimum atomic E-state index is 0.918. The molecule has 6 rings (SSSR count). The molecule has 2 N–H and O–H groups in total. The van der Waals surface area contributed by atoms with E-state index in [-0.39, 0.29) is 0 Å². The summed E-state index contributed by atoms with van der Waals surface area (Å²) in [5.41, 5.74) is 6.22. The first kappa shape index (κ1) is 18.1. The van der Waals surface area contributed by atoms with Crippen molar-refractivity contribution in [3.8, 4) is 22.5 Å². The number of aromatic amines is 2. The van der Waals surface area contributed by atoms with Crippen LogP contribution in [0.15, 0.2) is 48.9 Å². The number of likely N-dealkylation sites (N-methyl/N-ethyl adjacent to an activating group) is 1. The summed E-state index contributed by atoms with van der Waals surface area (Å²) in [4.78, 5) is 13.0. The monoisotopic (exact) mass is 412 g/mol. The third-order valence-electron chi connectivity index (χ3n) is 6.19. The Labute approximate surface area is 179 Å². The van der Waals surface area contributed by atoms with E-state index in [4.69, 9.17) is 4.98 Å². The quantitative estimate of drug-likeness (QED) is 0.475. The number of aryl methyl sites for hydroxylation is 1. The van der Waals surface area contributed by atoms with Crippen LogP contribution in [0.1, 0.15) is 0 Å². The van der Waals surface area contributed by atoms with E-state index in [2.05, 4.69) is 61.4 Å². The Morgan fingerprint density at radius 3 is 2.58 bits per heavy atom. The van der Waals surface area contributed by atoms with Crippen molar-refractivity contribution in [2.75, 3.05) is 38.1 Å². The van der Waals surface area contributed by atoms with Crippen LogP contribution < -0.4 is 4.90 Å². The van der Waals surface area contributed by atoms with Crippen molar-refractivity contribution in [1.29, 1.82) is 0 Å². The van der Waals surface area contributed by atoms with E-state index in [1.165, 1.54) is 0 Å². The second kappa shape index (κ2) is 6.95. The summed E-state index contributed by atoms with van der Waals surface area (Å²) in [6, 6.07) is 10.6. The average molecular weight is 413 g/mol. The highest BCUT2D eigenvalue weighted by molar-refractivity contribution is 6.00. The molecule has 0 radical (unpaired) electrons. The van der Waals surface area contributed by atoms with Gasteiger partial charge in [0.1, 0.15) is 11.5 Å². The lowest BCUT2D eigenvalue weighted by Crippen LogP contribution is -2.44. The first-order chi connectivity index (χ1) is 15.2. The van der Waals surface area contributed by atoms with Crippen LogP contribution in [0.3, 0.4) is 0 Å². The fraction of sp³-hybridized carbons (Fsp3) is 0.261. The van der Waals surface area contributed by atoms with Crippen LogP contribution in [-0.2, 0) is 7.05 Å². The van der Waals surface area contributed by atoms with Crippen molar-refractivity contribution < 1.29 is 0 Å². The maximum atomic E-state index is 4.72. The van der Waals surface area contributed by atoms with Gasteiger partial charge in [-0.25, -0.2) is 4.98 Å². The second-order valence-electron chi connectivity index (χ2n) is 8.30. The van der Waals surface area contributed by atoms with Crippen molar-refractivity contribution >= 4 is 27.6 Å². The summed E-state index contributed by atoms with van der Waals surface area (Å²) in [5.74, 6) is 1.05. The molecule has 1 fully saturated rings. The maximum Gasteiger partial charge on any atom is 0.138 e. The molecule has 8 heteroatoms. The minimum Gasteiger partial charge on any atom is -0.353 e. The number of aromatic nitrogens is 6. The fourth-order valence-electron chi connectivity index (χ4n) is 4.41. The number of rotatable bonds is 3. The molecule has 5 heterocycles. The van der Waals surface area contributed by atoms with Gasteiger partial charge >= 0.3 is 0 Å². The normalized spacial score (nSPS) is 15.4. The Balaban J connectivity index is 1.44. The minimum absolute atomic E-state index is 0.918. The Kier molecular flexibility index (Phi) is 4.07. The van der Waals surface area contributed by atoms with Gasteiger partial charge in [-0.05, 0) is 36.9 Å². The van der Waals surface area contributed by atoms with Crippen molar-refractivity contribution in [2.45, 2.75) is 0 Å². The summed E-state index contributed by atoms with van der Waals surface area (Å²) < 4.78 is 1.82. The highest BCUT2D eigenvalue weighted by Crippen LogP contribution is 2.34. The summed E-state index contributed by atoms with van der Waals surface area (Å²) in [6.07, 6.45) is 5.80. The summed E-state index contributed by atoms with van der Waals surface area (Å²) >= 11 is 0. The fourth-order valence-corrected chi connectivity index (χ4v) is 4.41. The number of piperazine rings is 1. The molecule has 1 aromatic carbocycles. The number of benzene rings is 1. The molecule has 0 atom stereocenters. The molecule has 31 heavy (non-hydrogen) atoms. The zero-order valence-corrected chi connectivity index (χ0v) is 17.6. The third-order valence-corrected chi connectivity index (χ3v) is 6.19. The molecule has 0 unspecified atom stereocenters. The van der Waals surface area contributed by atoms with Crippen molar-refractivity contribution in [3.05, 3.63) is 48.9 Å². The third kappa shape index (κ3) is 3.07. The molecule has 5 aromatic rings. The van der Waals surface area contributed by atoms with Gasteiger partial charge in [0, 0.05) is 62.0 Å². The number of hydrogen-bond acceptors (Lipinski definition) is 5. The Morgan fingerprint density at radius 1 is 0.903 bits per heavy atom. The van der Waals surface area contributed by atoms with Crippen LogP contribution in [0.4, 0.5) is 5.82 Å². The second-order valence-corrected chi connectivity index (χ2v) is 8.30. The van der Waals surface area contributed by atoms with Gasteiger partial charge in [0.15, 0.2) is 0 Å². The van der Waals surface area contributed by atoms with Crippen LogP contribution in [0, 0.1) is 0 Å². The Hall–Kier alpha value is -3.65. The van der Waals surface area contributed by atoms with Gasteiger partial charge in [-0.3, -0.25) is 9.78 Å². The Morgan fingerprint density at radius 2 is 1.77 bits per heavy atom. The molecule has 0 saturated carbocycles. The van der Waals surface area contributed by atoms with Crippen molar-refractivity contribution in [3.63, 3.8) is 0 Å². The molecule has 8 nitrogen and oxygen atoms in total. The molecule has 1 aliphatic rings. The van der Waals surface area contributed by atoms with E-state index in [0.29, 0.717) is 0 Å². The summed E-state index contributed by atoms with van der Waals surface area (Å²) in [7, 11) is 4.10. The van der Waals surface area contributed by atoms with E-state index in [1.54, 1.807) is 0 Å². The molecule has 0 bridgehead atoms. The first-order valence-electron chi connectivity index (χ1n) is 10.5. The van der Waals surface area contributed by atoms with Gasteiger partial charge in [0.05, 0.1) is 22.9 Å². The smallest absolute Gasteiger partial charge is 0.138 e. The van der Waals surface area contributed by atoms with Crippen LogP contribution in [0.25, 0.3) is 44.3 Å². The molecule has 1 saturated heterocycles. The summed E-state index contributed by atoms with van der Waals surface area (Å²) in [6.45, 7) is 4.08. The van der Waals surface area contributed by atoms with E-state index in [1.807, 2.05) is 36.4 Å². The topological polar surface area (TPSA) is 81.7 Å². The zero-order valence-electron chi connectivity index (χ0n) is 17.6. The van der Waals surface area contributed by atoms with Crippen molar-refractivity contribution in [1.82, 2.24) is 34.8 Å². The zero-order chi connectivity index (χ0) is 20.9. The number of hydrogen-bond donors (Lipinski definition) is 2. The lowest BCUT2D eigenvalue weighted by atomic mass is 10.1. The SMILES string of the molecule is CN1CCN(c2nccc3[nH]c(-c4n[nH]c5ccc(-c6cnn(C)c6)cc45)cc23)CC1.